The van der Waals surface area contributed by atoms with Crippen molar-refractivity contribution in [2.45, 2.75) is 0 Å². The zero-order valence-corrected chi connectivity index (χ0v) is 17.8. The third kappa shape index (κ3) is 4.13. The van der Waals surface area contributed by atoms with Crippen molar-refractivity contribution in [2.75, 3.05) is 11.9 Å². The lowest BCUT2D eigenvalue weighted by atomic mass is 10.1. The van der Waals surface area contributed by atoms with Crippen LogP contribution in [-0.2, 0) is 4.79 Å². The summed E-state index contributed by atoms with van der Waals surface area (Å²) in [6.07, 6.45) is 3.38. The molecule has 6 nitrogen and oxygen atoms in total. The molecule has 0 fully saturated rings. The molecule has 1 amide bonds. The Labute approximate surface area is 186 Å². The van der Waals surface area contributed by atoms with Crippen molar-refractivity contribution < 1.29 is 13.9 Å². The zero-order valence-electron chi connectivity index (χ0n) is 16.2. The topological polar surface area (TPSA) is 77.2 Å². The fourth-order valence-electron chi connectivity index (χ4n) is 3.32. The van der Waals surface area contributed by atoms with Crippen LogP contribution in [0.5, 0.6) is 5.75 Å². The minimum Gasteiger partial charge on any atom is -0.483 e. The van der Waals surface area contributed by atoms with E-state index in [1.165, 1.54) is 0 Å². The van der Waals surface area contributed by atoms with E-state index in [0.29, 0.717) is 28.4 Å². The van der Waals surface area contributed by atoms with Gasteiger partial charge in [-0.2, -0.15) is 0 Å². The number of amides is 1. The number of anilines is 1. The normalized spacial score (nSPS) is 11.0. The van der Waals surface area contributed by atoms with Gasteiger partial charge in [0.15, 0.2) is 12.2 Å². The van der Waals surface area contributed by atoms with Crippen LogP contribution in [0.15, 0.2) is 88.0 Å². The summed E-state index contributed by atoms with van der Waals surface area (Å²) < 4.78 is 12.4. The number of ether oxygens (including phenoxy) is 1. The molecule has 0 aliphatic heterocycles. The fourth-order valence-corrected chi connectivity index (χ4v) is 3.68. The summed E-state index contributed by atoms with van der Waals surface area (Å²) in [5, 5.41) is 4.88. The standard InChI is InChI=1S/C24H16BrN3O3/c25-17-10-16(12-26-13-17)24-28-20-11-18(8-9-22(20)31-24)27-23(29)14-30-21-7-3-5-15-4-1-2-6-19(15)21/h1-13H,14H2,(H,27,29). The lowest BCUT2D eigenvalue weighted by molar-refractivity contribution is -0.118. The molecule has 0 spiro atoms. The van der Waals surface area contributed by atoms with Crippen LogP contribution in [0.1, 0.15) is 0 Å². The number of carbonyl (C=O) groups excluding carboxylic acids is 1. The van der Waals surface area contributed by atoms with Crippen molar-refractivity contribution in [3.63, 3.8) is 0 Å². The summed E-state index contributed by atoms with van der Waals surface area (Å²) in [7, 11) is 0. The van der Waals surface area contributed by atoms with Crippen LogP contribution in [-0.4, -0.2) is 22.5 Å². The Morgan fingerprint density at radius 2 is 1.90 bits per heavy atom. The molecule has 5 rings (SSSR count). The third-order valence-electron chi connectivity index (χ3n) is 4.73. The molecule has 1 N–H and O–H groups in total. The molecular formula is C24H16BrN3O3. The first-order valence-corrected chi connectivity index (χ1v) is 10.4. The fraction of sp³-hybridized carbons (Fsp3) is 0.0417. The van der Waals surface area contributed by atoms with E-state index in [1.54, 1.807) is 30.6 Å². The van der Waals surface area contributed by atoms with E-state index in [-0.39, 0.29) is 12.5 Å². The number of nitrogens with one attached hydrogen (secondary N) is 1. The van der Waals surface area contributed by atoms with Gasteiger partial charge in [-0.15, -0.1) is 0 Å². The summed E-state index contributed by atoms with van der Waals surface area (Å²) in [4.78, 5) is 21.1. The molecule has 0 bridgehead atoms. The van der Waals surface area contributed by atoms with Gasteiger partial charge >= 0.3 is 0 Å². The van der Waals surface area contributed by atoms with Gasteiger partial charge in [-0.1, -0.05) is 36.4 Å². The molecule has 0 aliphatic rings. The lowest BCUT2D eigenvalue weighted by Gasteiger charge is -2.09. The van der Waals surface area contributed by atoms with Crippen LogP contribution in [0.25, 0.3) is 33.3 Å². The van der Waals surface area contributed by atoms with Gasteiger partial charge < -0.3 is 14.5 Å². The van der Waals surface area contributed by atoms with Crippen LogP contribution in [0.4, 0.5) is 5.69 Å². The minimum absolute atomic E-state index is 0.0974. The Bertz CT molecular complexity index is 1410. The highest BCUT2D eigenvalue weighted by Crippen LogP contribution is 2.28. The van der Waals surface area contributed by atoms with Gasteiger partial charge in [-0.25, -0.2) is 4.98 Å². The first kappa shape index (κ1) is 19.3. The van der Waals surface area contributed by atoms with Crippen molar-refractivity contribution in [3.8, 4) is 17.2 Å². The van der Waals surface area contributed by atoms with E-state index in [0.717, 1.165) is 20.8 Å². The van der Waals surface area contributed by atoms with Crippen LogP contribution in [0.2, 0.25) is 0 Å². The maximum Gasteiger partial charge on any atom is 0.262 e. The SMILES string of the molecule is O=C(COc1cccc2ccccc12)Nc1ccc2oc(-c3cncc(Br)c3)nc2c1. The largest absolute Gasteiger partial charge is 0.483 e. The number of pyridine rings is 1. The number of hydrogen-bond acceptors (Lipinski definition) is 5. The smallest absolute Gasteiger partial charge is 0.262 e. The highest BCUT2D eigenvalue weighted by molar-refractivity contribution is 9.10. The number of nitrogens with zero attached hydrogens (tertiary/aromatic N) is 2. The van der Waals surface area contributed by atoms with Gasteiger partial charge in [0.05, 0.1) is 5.56 Å². The molecule has 0 unspecified atom stereocenters. The van der Waals surface area contributed by atoms with E-state index in [9.17, 15) is 4.79 Å². The van der Waals surface area contributed by atoms with Gasteiger partial charge in [0.25, 0.3) is 5.91 Å². The maximum absolute atomic E-state index is 12.4. The van der Waals surface area contributed by atoms with Crippen molar-refractivity contribution in [1.82, 2.24) is 9.97 Å². The second kappa shape index (κ2) is 8.20. The Balaban J connectivity index is 1.30. The molecule has 0 radical (unpaired) electrons. The van der Waals surface area contributed by atoms with Gasteiger partial charge in [-0.3, -0.25) is 9.78 Å². The number of fused-ring (bicyclic) bond motifs is 2. The Kier molecular flexibility index (Phi) is 5.09. The van der Waals surface area contributed by atoms with Gasteiger partial charge in [0.2, 0.25) is 5.89 Å². The summed E-state index contributed by atoms with van der Waals surface area (Å²) in [6, 6.07) is 20.9. The van der Waals surface area contributed by atoms with E-state index in [2.05, 4.69) is 31.2 Å². The number of benzene rings is 3. The van der Waals surface area contributed by atoms with Crippen molar-refractivity contribution in [2.24, 2.45) is 0 Å². The highest BCUT2D eigenvalue weighted by atomic mass is 79.9. The van der Waals surface area contributed by atoms with Crippen LogP contribution in [0, 0.1) is 0 Å². The molecule has 2 aromatic heterocycles. The molecule has 0 aliphatic carbocycles. The second-order valence-corrected chi connectivity index (χ2v) is 7.82. The van der Waals surface area contributed by atoms with Crippen LogP contribution < -0.4 is 10.1 Å². The highest BCUT2D eigenvalue weighted by Gasteiger charge is 2.11. The lowest BCUT2D eigenvalue weighted by Crippen LogP contribution is -2.20. The number of hydrogen-bond donors (Lipinski definition) is 1. The third-order valence-corrected chi connectivity index (χ3v) is 5.17. The van der Waals surface area contributed by atoms with Crippen molar-refractivity contribution >= 4 is 49.4 Å². The molecule has 2 heterocycles. The monoisotopic (exact) mass is 473 g/mol. The van der Waals surface area contributed by atoms with E-state index in [1.807, 2.05) is 48.5 Å². The number of halogens is 1. The zero-order chi connectivity index (χ0) is 21.2. The average Bonchev–Trinajstić information content (AvgIpc) is 3.21. The summed E-state index contributed by atoms with van der Waals surface area (Å²) >= 11 is 3.40. The molecule has 152 valence electrons. The molecule has 0 saturated carbocycles. The summed E-state index contributed by atoms with van der Waals surface area (Å²) in [6.45, 7) is -0.0974. The Morgan fingerprint density at radius 1 is 1.03 bits per heavy atom. The predicted octanol–water partition coefficient (Wildman–Crippen LogP) is 5.82. The van der Waals surface area contributed by atoms with Crippen LogP contribution in [0.3, 0.4) is 0 Å². The quantitative estimate of drug-likeness (QED) is 0.347. The van der Waals surface area contributed by atoms with Crippen molar-refractivity contribution in [3.05, 3.63) is 83.6 Å². The first-order valence-electron chi connectivity index (χ1n) is 9.58. The van der Waals surface area contributed by atoms with Gasteiger partial charge in [0, 0.05) is 27.9 Å². The minimum atomic E-state index is -0.257. The van der Waals surface area contributed by atoms with E-state index in [4.69, 9.17) is 9.15 Å². The van der Waals surface area contributed by atoms with Gasteiger partial charge in [-0.05, 0) is 51.6 Å². The Hall–Kier alpha value is -3.71. The van der Waals surface area contributed by atoms with E-state index >= 15 is 0 Å². The molecular weight excluding hydrogens is 458 g/mol. The summed E-state index contributed by atoms with van der Waals surface area (Å²) in [5.74, 6) is 0.881. The predicted molar refractivity (Wildman–Crippen MR) is 123 cm³/mol. The molecule has 0 saturated heterocycles. The summed E-state index contributed by atoms with van der Waals surface area (Å²) in [5.41, 5.74) is 2.65. The molecule has 0 atom stereocenters. The average molecular weight is 474 g/mol. The maximum atomic E-state index is 12.4. The molecule has 7 heteroatoms. The number of carbonyl (C=O) groups is 1. The molecule has 5 aromatic rings. The first-order chi connectivity index (χ1) is 15.2. The molecule has 3 aromatic carbocycles. The molecule has 31 heavy (non-hydrogen) atoms. The van der Waals surface area contributed by atoms with Gasteiger partial charge in [0.1, 0.15) is 11.3 Å². The number of oxazole rings is 1. The Morgan fingerprint density at radius 3 is 2.81 bits per heavy atom. The van der Waals surface area contributed by atoms with E-state index < -0.39 is 0 Å². The van der Waals surface area contributed by atoms with Crippen LogP contribution >= 0.6 is 15.9 Å². The van der Waals surface area contributed by atoms with Crippen molar-refractivity contribution in [1.29, 1.82) is 0 Å². The number of rotatable bonds is 5. The second-order valence-electron chi connectivity index (χ2n) is 6.91. The number of aromatic nitrogens is 2.